The van der Waals surface area contributed by atoms with Gasteiger partial charge in [0.05, 0.1) is 17.7 Å². The van der Waals surface area contributed by atoms with Crippen molar-refractivity contribution in [3.05, 3.63) is 36.7 Å². The number of amides is 2. The van der Waals surface area contributed by atoms with Crippen molar-refractivity contribution >= 4 is 29.6 Å². The fourth-order valence-electron chi connectivity index (χ4n) is 3.36. The molecule has 0 saturated carbocycles. The van der Waals surface area contributed by atoms with Crippen molar-refractivity contribution in [2.45, 2.75) is 11.3 Å². The van der Waals surface area contributed by atoms with Gasteiger partial charge in [-0.25, -0.2) is 14.8 Å². The van der Waals surface area contributed by atoms with Crippen molar-refractivity contribution < 1.29 is 9.53 Å². The number of piperazine rings is 1. The van der Waals surface area contributed by atoms with Crippen molar-refractivity contribution in [2.75, 3.05) is 56.6 Å². The van der Waals surface area contributed by atoms with Crippen molar-refractivity contribution in [1.29, 1.82) is 0 Å². The molecular formula is C19H24N6O2S. The van der Waals surface area contributed by atoms with Crippen LogP contribution >= 0.6 is 11.9 Å². The van der Waals surface area contributed by atoms with E-state index >= 15 is 0 Å². The molecule has 3 heterocycles. The highest BCUT2D eigenvalue weighted by molar-refractivity contribution is 7.97. The van der Waals surface area contributed by atoms with Gasteiger partial charge >= 0.3 is 6.03 Å². The largest absolute Gasteiger partial charge is 0.497 e. The summed E-state index contributed by atoms with van der Waals surface area (Å²) in [5, 5.41) is 2.95. The van der Waals surface area contributed by atoms with Crippen LogP contribution in [0.4, 0.5) is 16.4 Å². The maximum Gasteiger partial charge on any atom is 0.332 e. The first-order chi connectivity index (χ1) is 13.7. The molecule has 8 nitrogen and oxygen atoms in total. The number of carbonyl (C=O) groups is 1. The van der Waals surface area contributed by atoms with E-state index in [9.17, 15) is 4.79 Å². The molecule has 9 heteroatoms. The first-order valence-corrected chi connectivity index (χ1v) is 10.2. The predicted molar refractivity (Wildman–Crippen MR) is 110 cm³/mol. The van der Waals surface area contributed by atoms with Gasteiger partial charge in [0.15, 0.2) is 0 Å². The maximum atomic E-state index is 12.3. The number of nitrogens with zero attached hydrogens (tertiary/aromatic N) is 5. The molecule has 1 N–H and O–H groups in total. The van der Waals surface area contributed by atoms with E-state index in [2.05, 4.69) is 25.1 Å². The van der Waals surface area contributed by atoms with E-state index in [4.69, 9.17) is 4.74 Å². The summed E-state index contributed by atoms with van der Waals surface area (Å²) in [7, 11) is 1.65. The maximum absolute atomic E-state index is 12.3. The highest BCUT2D eigenvalue weighted by Crippen LogP contribution is 2.37. The van der Waals surface area contributed by atoms with Gasteiger partial charge in [0.1, 0.15) is 5.75 Å². The quantitative estimate of drug-likeness (QED) is 0.747. The molecule has 1 fully saturated rings. The van der Waals surface area contributed by atoms with E-state index < -0.39 is 0 Å². The predicted octanol–water partition coefficient (Wildman–Crippen LogP) is 2.55. The van der Waals surface area contributed by atoms with Crippen LogP contribution in [0.2, 0.25) is 0 Å². The highest BCUT2D eigenvalue weighted by atomic mass is 32.2. The van der Waals surface area contributed by atoms with Gasteiger partial charge in [-0.1, -0.05) is 0 Å². The fourth-order valence-corrected chi connectivity index (χ4v) is 4.33. The van der Waals surface area contributed by atoms with E-state index in [0.717, 1.165) is 61.4 Å². The second kappa shape index (κ2) is 8.66. The number of ether oxygens (including phenoxy) is 1. The van der Waals surface area contributed by atoms with Crippen LogP contribution in [0.3, 0.4) is 0 Å². The minimum Gasteiger partial charge on any atom is -0.497 e. The van der Waals surface area contributed by atoms with Gasteiger partial charge in [-0.3, -0.25) is 9.21 Å². The number of methoxy groups -OCH3 is 1. The zero-order valence-electron chi connectivity index (χ0n) is 15.9. The number of benzene rings is 1. The Balaban J connectivity index is 1.24. The standard InChI is InChI=1S/C19H24N6O2S/c1-27-15-4-5-16-17(14-15)28-25(19(26)22-16)9-3-8-23-10-12-24(13-11-23)18-20-6-2-7-21-18/h2,4-7,14H,3,8-13H2,1H3,(H,22,26). The topological polar surface area (TPSA) is 73.8 Å². The number of hydrogen-bond acceptors (Lipinski definition) is 7. The molecule has 28 heavy (non-hydrogen) atoms. The monoisotopic (exact) mass is 400 g/mol. The van der Waals surface area contributed by atoms with E-state index in [0.29, 0.717) is 6.54 Å². The second-order valence-electron chi connectivity index (χ2n) is 6.72. The summed E-state index contributed by atoms with van der Waals surface area (Å²) in [6.07, 6.45) is 4.50. The Hall–Kier alpha value is -2.52. The lowest BCUT2D eigenvalue weighted by molar-refractivity contribution is 0.228. The van der Waals surface area contributed by atoms with Gasteiger partial charge in [-0.15, -0.1) is 0 Å². The number of aromatic nitrogens is 2. The highest BCUT2D eigenvalue weighted by Gasteiger charge is 2.24. The Morgan fingerprint density at radius 1 is 1.14 bits per heavy atom. The molecule has 148 valence electrons. The van der Waals surface area contributed by atoms with Crippen LogP contribution in [0.15, 0.2) is 41.6 Å². The van der Waals surface area contributed by atoms with E-state index in [-0.39, 0.29) is 6.03 Å². The molecular weight excluding hydrogens is 376 g/mol. The number of hydrogen-bond donors (Lipinski definition) is 1. The van der Waals surface area contributed by atoms with E-state index in [1.54, 1.807) is 23.8 Å². The SMILES string of the molecule is COc1ccc2c(c1)SN(CCCN1CCN(c3ncccn3)CC1)C(=O)N2. The number of fused-ring (bicyclic) bond motifs is 1. The third-order valence-electron chi connectivity index (χ3n) is 4.91. The second-order valence-corrected chi connectivity index (χ2v) is 7.78. The Morgan fingerprint density at radius 2 is 1.93 bits per heavy atom. The summed E-state index contributed by atoms with van der Waals surface area (Å²) in [5.41, 5.74) is 0.839. The number of carbonyl (C=O) groups excluding carboxylic acids is 1. The summed E-state index contributed by atoms with van der Waals surface area (Å²) in [6.45, 7) is 5.50. The third-order valence-corrected chi connectivity index (χ3v) is 6.01. The Bertz CT molecular complexity index is 813. The van der Waals surface area contributed by atoms with Gasteiger partial charge in [-0.05, 0) is 42.6 Å². The van der Waals surface area contributed by atoms with Gasteiger partial charge in [-0.2, -0.15) is 0 Å². The number of urea groups is 1. The summed E-state index contributed by atoms with van der Waals surface area (Å²) in [4.78, 5) is 26.6. The molecule has 0 unspecified atom stereocenters. The minimum absolute atomic E-state index is 0.0614. The van der Waals surface area contributed by atoms with Crippen LogP contribution < -0.4 is 15.0 Å². The molecule has 2 aliphatic rings. The molecule has 0 radical (unpaired) electrons. The molecule has 1 saturated heterocycles. The van der Waals surface area contributed by atoms with Crippen molar-refractivity contribution in [1.82, 2.24) is 19.2 Å². The van der Waals surface area contributed by atoms with Crippen LogP contribution in [0, 0.1) is 0 Å². The van der Waals surface area contributed by atoms with Crippen LogP contribution in [-0.2, 0) is 0 Å². The summed E-state index contributed by atoms with van der Waals surface area (Å²) < 4.78 is 7.07. The number of nitrogens with one attached hydrogen (secondary N) is 1. The summed E-state index contributed by atoms with van der Waals surface area (Å²) >= 11 is 1.48. The average molecular weight is 401 g/mol. The molecule has 2 aliphatic heterocycles. The van der Waals surface area contributed by atoms with Crippen molar-refractivity contribution in [2.24, 2.45) is 0 Å². The number of rotatable bonds is 6. The number of anilines is 2. The molecule has 0 atom stereocenters. The Kier molecular flexibility index (Phi) is 5.82. The summed E-state index contributed by atoms with van der Waals surface area (Å²) in [5.74, 6) is 1.60. The zero-order chi connectivity index (χ0) is 19.3. The molecule has 1 aromatic heterocycles. The normalized spacial score (nSPS) is 17.2. The Morgan fingerprint density at radius 3 is 2.68 bits per heavy atom. The first-order valence-electron chi connectivity index (χ1n) is 9.42. The zero-order valence-corrected chi connectivity index (χ0v) is 16.7. The van der Waals surface area contributed by atoms with Gasteiger partial charge in [0.2, 0.25) is 5.95 Å². The third kappa shape index (κ3) is 4.31. The summed E-state index contributed by atoms with van der Waals surface area (Å²) in [6, 6.07) is 7.47. The molecule has 0 aliphatic carbocycles. The molecule has 2 amide bonds. The first kappa shape index (κ1) is 18.8. The van der Waals surface area contributed by atoms with Crippen molar-refractivity contribution in [3.63, 3.8) is 0 Å². The average Bonchev–Trinajstić information content (AvgIpc) is 2.75. The molecule has 0 bridgehead atoms. The molecule has 1 aromatic carbocycles. The molecule has 4 rings (SSSR count). The van der Waals surface area contributed by atoms with Crippen LogP contribution in [0.5, 0.6) is 5.75 Å². The smallest absolute Gasteiger partial charge is 0.332 e. The van der Waals surface area contributed by atoms with E-state index in [1.807, 2.05) is 24.3 Å². The van der Waals surface area contributed by atoms with E-state index in [1.165, 1.54) is 11.9 Å². The van der Waals surface area contributed by atoms with Gasteiger partial charge < -0.3 is 15.0 Å². The lowest BCUT2D eigenvalue weighted by Crippen LogP contribution is -2.47. The Labute approximate surface area is 169 Å². The lowest BCUT2D eigenvalue weighted by Gasteiger charge is -2.35. The molecule has 0 spiro atoms. The lowest BCUT2D eigenvalue weighted by atomic mass is 10.3. The van der Waals surface area contributed by atoms with Crippen LogP contribution in [0.1, 0.15) is 6.42 Å². The van der Waals surface area contributed by atoms with Gasteiger partial charge in [0.25, 0.3) is 0 Å². The van der Waals surface area contributed by atoms with Crippen LogP contribution in [-0.4, -0.2) is 71.6 Å². The van der Waals surface area contributed by atoms with Crippen LogP contribution in [0.25, 0.3) is 0 Å². The van der Waals surface area contributed by atoms with Gasteiger partial charge in [0, 0.05) is 51.7 Å². The van der Waals surface area contributed by atoms with Crippen molar-refractivity contribution in [3.8, 4) is 5.75 Å². The fraction of sp³-hybridized carbons (Fsp3) is 0.421. The minimum atomic E-state index is -0.0614. The molecule has 2 aromatic rings.